The predicted molar refractivity (Wildman–Crippen MR) is 197 cm³/mol. The van der Waals surface area contributed by atoms with Gasteiger partial charge in [-0.3, -0.25) is 19.0 Å². The third-order valence-electron chi connectivity index (χ3n) is 12.1. The van der Waals surface area contributed by atoms with Crippen molar-refractivity contribution in [2.24, 2.45) is 29.2 Å². The van der Waals surface area contributed by atoms with Crippen LogP contribution in [0.1, 0.15) is 83.6 Å². The van der Waals surface area contributed by atoms with Crippen molar-refractivity contribution in [1.29, 1.82) is 0 Å². The molecule has 0 saturated heterocycles. The molecule has 1 unspecified atom stereocenters. The highest BCUT2D eigenvalue weighted by atomic mass is 32.2. The van der Waals surface area contributed by atoms with Crippen LogP contribution < -0.4 is 14.4 Å². The smallest absolute Gasteiger partial charge is 0.286 e. The first-order chi connectivity index (χ1) is 24.6. The van der Waals surface area contributed by atoms with E-state index in [0.717, 1.165) is 62.3 Å². The Morgan fingerprint density at radius 2 is 2.02 bits per heavy atom. The van der Waals surface area contributed by atoms with E-state index in [9.17, 15) is 13.8 Å². The number of aryl methyl sites for hydroxylation is 3. The molecule has 1 spiro atoms. The normalized spacial score (nSPS) is 32.3. The van der Waals surface area contributed by atoms with Crippen molar-refractivity contribution in [2.45, 2.75) is 75.7 Å². The van der Waals surface area contributed by atoms with Crippen molar-refractivity contribution < 1.29 is 23.3 Å². The van der Waals surface area contributed by atoms with Crippen LogP contribution in [-0.2, 0) is 38.3 Å². The van der Waals surface area contributed by atoms with E-state index in [1.54, 1.807) is 24.1 Å². The number of carbonyl (C=O) groups excluding carboxylic acids is 2. The highest BCUT2D eigenvalue weighted by Gasteiger charge is 2.47. The fourth-order valence-electron chi connectivity index (χ4n) is 9.07. The highest BCUT2D eigenvalue weighted by molar-refractivity contribution is 7.92. The monoisotopic (exact) mass is 711 g/mol. The fraction of sp³-hybridized carbons (Fsp3) is 0.525. The minimum atomic E-state index is -3.41. The number of benzene rings is 2. The van der Waals surface area contributed by atoms with Gasteiger partial charge in [-0.25, -0.2) is 4.21 Å². The van der Waals surface area contributed by atoms with Gasteiger partial charge in [0.1, 0.15) is 15.7 Å². The van der Waals surface area contributed by atoms with E-state index in [1.807, 2.05) is 25.2 Å². The van der Waals surface area contributed by atoms with Gasteiger partial charge in [-0.05, 0) is 106 Å². The number of anilines is 1. The zero-order valence-electron chi connectivity index (χ0n) is 29.9. The molecule has 5 aliphatic rings. The highest BCUT2D eigenvalue weighted by Crippen LogP contribution is 2.48. The van der Waals surface area contributed by atoms with Gasteiger partial charge in [0.15, 0.2) is 0 Å². The van der Waals surface area contributed by atoms with E-state index in [4.69, 9.17) is 9.47 Å². The molecule has 2 fully saturated rings. The van der Waals surface area contributed by atoms with Crippen LogP contribution in [-0.4, -0.2) is 64.5 Å². The Hall–Kier alpha value is -3.96. The number of carbonyl (C=O) groups is 2. The van der Waals surface area contributed by atoms with E-state index in [-0.39, 0.29) is 35.0 Å². The lowest BCUT2D eigenvalue weighted by atomic mass is 9.68. The Morgan fingerprint density at radius 3 is 2.80 bits per heavy atom. The van der Waals surface area contributed by atoms with E-state index in [0.29, 0.717) is 43.3 Å². The van der Waals surface area contributed by atoms with Crippen LogP contribution in [0.2, 0.25) is 0 Å². The van der Waals surface area contributed by atoms with Crippen molar-refractivity contribution in [2.75, 3.05) is 37.5 Å². The second-order valence-corrected chi connectivity index (χ2v) is 17.5. The zero-order chi connectivity index (χ0) is 35.3. The van der Waals surface area contributed by atoms with Gasteiger partial charge in [0.05, 0.1) is 24.2 Å². The maximum atomic E-state index is 14.4. The second-order valence-electron chi connectivity index (χ2n) is 15.5. The molecule has 7 atom stereocenters. The zero-order valence-corrected chi connectivity index (χ0v) is 30.7. The number of amides is 2. The van der Waals surface area contributed by atoms with E-state index >= 15 is 0 Å². The molecule has 11 heteroatoms. The number of ether oxygens (including phenoxy) is 2. The Labute approximate surface area is 301 Å². The van der Waals surface area contributed by atoms with Gasteiger partial charge in [-0.15, -0.1) is 4.36 Å². The molecule has 8 rings (SSSR count). The number of nitrogens with zero attached hydrogens (tertiary/aromatic N) is 4. The van der Waals surface area contributed by atoms with E-state index in [2.05, 4.69) is 56.4 Å². The van der Waals surface area contributed by atoms with Crippen molar-refractivity contribution in [3.63, 3.8) is 0 Å². The summed E-state index contributed by atoms with van der Waals surface area (Å²) < 4.78 is 36.0. The first-order valence-corrected chi connectivity index (χ1v) is 20.2. The lowest BCUT2D eigenvalue weighted by Crippen LogP contribution is -2.49. The summed E-state index contributed by atoms with van der Waals surface area (Å²) in [6, 6.07) is 14.2. The Balaban J connectivity index is 1.15. The molecule has 2 bridgehead atoms. The minimum absolute atomic E-state index is 0.00523. The Kier molecular flexibility index (Phi) is 9.07. The number of rotatable bonds is 4. The molecule has 51 heavy (non-hydrogen) atoms. The molecule has 2 saturated carbocycles. The standard InChI is InChI=1S/C40H49N5O5S/c1-26-10-14-33-27(20-26)8-7-17-40(33)24-45-23-29-11-13-30(29)36(49-3)9-5-4-6-19-51(48,42-38(46)28-12-15-37(50-25-40)35(45)21-28)43-39(47)32-22-31(32)34-16-18-41-44(34)2/h5,9-10,12,14-16,18,20-21,29-32,36H,4,6-8,11,13,17,19,22-25H2,1-3H3,(H,42,43,46,47,48)/b9-5+/t29-,30+,31+,32+,36-,40-,51?/m0/s1. The second kappa shape index (κ2) is 13.5. The number of allylic oxidation sites excluding steroid dienone is 1. The molecule has 1 N–H and O–H groups in total. The third-order valence-corrected chi connectivity index (χ3v) is 13.9. The number of hydrogen-bond donors (Lipinski definition) is 1. The quantitative estimate of drug-likeness (QED) is 0.329. The summed E-state index contributed by atoms with van der Waals surface area (Å²) in [5, 5.41) is 4.24. The Bertz CT molecular complexity index is 2000. The largest absolute Gasteiger partial charge is 0.490 e. The number of aromatic nitrogens is 2. The Morgan fingerprint density at radius 1 is 1.14 bits per heavy atom. The average Bonchev–Trinajstić information content (AvgIpc) is 3.81. The van der Waals surface area contributed by atoms with Gasteiger partial charge < -0.3 is 14.4 Å². The number of fused-ring (bicyclic) bond motifs is 4. The molecule has 2 aliphatic heterocycles. The van der Waals surface area contributed by atoms with Crippen LogP contribution in [0, 0.1) is 24.7 Å². The van der Waals surface area contributed by atoms with Gasteiger partial charge >= 0.3 is 0 Å². The SMILES string of the molecule is CO[C@H]1/C=C/CCCS(=O)(NC(=O)[C@@H]2C[C@H]2c2ccnn2C)=NC(=O)c2ccc3c(c2)N(C[C@@H]2CC[C@H]21)C[C@@]1(CCCc2cc(C)ccc21)CO3. The first-order valence-electron chi connectivity index (χ1n) is 18.6. The van der Waals surface area contributed by atoms with Crippen molar-refractivity contribution in [1.82, 2.24) is 14.5 Å². The maximum Gasteiger partial charge on any atom is 0.286 e. The summed E-state index contributed by atoms with van der Waals surface area (Å²) in [4.78, 5) is 29.9. The van der Waals surface area contributed by atoms with Crippen molar-refractivity contribution in [3.05, 3.63) is 88.8 Å². The molecular formula is C40H49N5O5S. The molecular weight excluding hydrogens is 663 g/mol. The van der Waals surface area contributed by atoms with Crippen LogP contribution in [0.4, 0.5) is 5.69 Å². The molecule has 2 aromatic carbocycles. The average molecular weight is 712 g/mol. The van der Waals surface area contributed by atoms with Gasteiger partial charge in [0.25, 0.3) is 5.91 Å². The van der Waals surface area contributed by atoms with Crippen LogP contribution >= 0.6 is 0 Å². The number of nitrogens with one attached hydrogen (secondary N) is 1. The molecule has 10 nitrogen and oxygen atoms in total. The van der Waals surface area contributed by atoms with Crippen LogP contribution in [0.5, 0.6) is 5.75 Å². The maximum absolute atomic E-state index is 14.4. The van der Waals surface area contributed by atoms with Gasteiger partial charge in [0, 0.05) is 62.0 Å². The van der Waals surface area contributed by atoms with E-state index < -0.39 is 15.8 Å². The molecule has 270 valence electrons. The van der Waals surface area contributed by atoms with Crippen molar-refractivity contribution >= 4 is 27.4 Å². The number of hydrogen-bond acceptors (Lipinski definition) is 7. The molecule has 3 aliphatic carbocycles. The summed E-state index contributed by atoms with van der Waals surface area (Å²) in [6.07, 6.45) is 13.1. The van der Waals surface area contributed by atoms with Crippen molar-refractivity contribution in [3.8, 4) is 5.75 Å². The first kappa shape index (κ1) is 34.1. The minimum Gasteiger partial charge on any atom is -0.490 e. The molecule has 3 heterocycles. The fourth-order valence-corrected chi connectivity index (χ4v) is 10.7. The molecule has 2 amide bonds. The number of methoxy groups -OCH3 is 1. The predicted octanol–water partition coefficient (Wildman–Crippen LogP) is 6.04. The summed E-state index contributed by atoms with van der Waals surface area (Å²) >= 11 is 0. The van der Waals surface area contributed by atoms with Gasteiger partial charge in [-0.1, -0.05) is 35.9 Å². The van der Waals surface area contributed by atoms with Gasteiger partial charge in [0.2, 0.25) is 5.91 Å². The lowest BCUT2D eigenvalue weighted by molar-refractivity contribution is -0.120. The molecule has 1 aromatic heterocycles. The molecule has 3 aromatic rings. The van der Waals surface area contributed by atoms with Crippen LogP contribution in [0.15, 0.2) is 65.2 Å². The van der Waals surface area contributed by atoms with E-state index in [1.165, 1.54) is 16.7 Å². The van der Waals surface area contributed by atoms with Crippen LogP contribution in [0.25, 0.3) is 0 Å². The topological polar surface area (TPSA) is 115 Å². The summed E-state index contributed by atoms with van der Waals surface area (Å²) in [6.45, 7) is 4.30. The lowest BCUT2D eigenvalue weighted by Gasteiger charge is -2.46. The third kappa shape index (κ3) is 6.63. The van der Waals surface area contributed by atoms with Gasteiger partial charge in [-0.2, -0.15) is 5.10 Å². The summed E-state index contributed by atoms with van der Waals surface area (Å²) in [7, 11) is 0.228. The van der Waals surface area contributed by atoms with Crippen LogP contribution in [0.3, 0.4) is 0 Å². The molecule has 0 radical (unpaired) electrons. The summed E-state index contributed by atoms with van der Waals surface area (Å²) in [5.74, 6) is 0.355. The summed E-state index contributed by atoms with van der Waals surface area (Å²) in [5.41, 5.74) is 6.02.